The molecule has 1 rings (SSSR count). The first-order chi connectivity index (χ1) is 6.72. The lowest BCUT2D eigenvalue weighted by Crippen LogP contribution is -2.29. The van der Waals surface area contributed by atoms with Gasteiger partial charge in [-0.15, -0.1) is 0 Å². The predicted octanol–water partition coefficient (Wildman–Crippen LogP) is 3.23. The molecule has 0 radical (unpaired) electrons. The number of allylic oxidation sites excluding steroid dienone is 1. The maximum absolute atomic E-state index is 3.48. The topological polar surface area (TPSA) is 12.0 Å². The van der Waals surface area contributed by atoms with Gasteiger partial charge in [0.2, 0.25) is 0 Å². The molecule has 0 amide bonds. The van der Waals surface area contributed by atoms with Crippen molar-refractivity contribution in [2.75, 3.05) is 6.54 Å². The van der Waals surface area contributed by atoms with Gasteiger partial charge in [0, 0.05) is 6.04 Å². The van der Waals surface area contributed by atoms with Crippen LogP contribution >= 0.6 is 11.3 Å². The Morgan fingerprint density at radius 2 is 2.36 bits per heavy atom. The molecule has 1 aromatic rings. The summed E-state index contributed by atoms with van der Waals surface area (Å²) in [7, 11) is 0. The average Bonchev–Trinajstić information content (AvgIpc) is 2.56. The van der Waals surface area contributed by atoms with Crippen LogP contribution in [0.3, 0.4) is 0 Å². The molecule has 14 heavy (non-hydrogen) atoms. The van der Waals surface area contributed by atoms with E-state index in [0.29, 0.717) is 6.04 Å². The Balaban J connectivity index is 2.55. The smallest absolute Gasteiger partial charge is 0.0293 e. The van der Waals surface area contributed by atoms with E-state index >= 15 is 0 Å². The molecule has 0 saturated carbocycles. The lowest BCUT2D eigenvalue weighted by molar-refractivity contribution is 0.610. The van der Waals surface area contributed by atoms with Gasteiger partial charge in [-0.05, 0) is 49.2 Å². The van der Waals surface area contributed by atoms with Crippen molar-refractivity contribution in [1.29, 1.82) is 0 Å². The highest BCUT2D eigenvalue weighted by Crippen LogP contribution is 2.10. The third kappa shape index (κ3) is 4.07. The molecular formula is C12H19NS. The lowest BCUT2D eigenvalue weighted by atomic mass is 10.1. The standard InChI is InChI=1S/C12H19NS/c1-4-13-12(7-10(2)3)8-11-5-6-14-9-11/h5-7,9,12-13H,4,8H2,1-3H3. The predicted molar refractivity (Wildman–Crippen MR) is 64.9 cm³/mol. The van der Waals surface area contributed by atoms with Crippen LogP contribution in [0.2, 0.25) is 0 Å². The Morgan fingerprint density at radius 3 is 2.86 bits per heavy atom. The Kier molecular flexibility index (Phi) is 4.91. The van der Waals surface area contributed by atoms with E-state index in [4.69, 9.17) is 0 Å². The summed E-state index contributed by atoms with van der Waals surface area (Å²) in [6.07, 6.45) is 3.41. The van der Waals surface area contributed by atoms with Gasteiger partial charge in [0.05, 0.1) is 0 Å². The number of nitrogens with one attached hydrogen (secondary N) is 1. The maximum Gasteiger partial charge on any atom is 0.0293 e. The second kappa shape index (κ2) is 5.99. The molecule has 2 heteroatoms. The van der Waals surface area contributed by atoms with Crippen LogP contribution in [-0.4, -0.2) is 12.6 Å². The zero-order valence-electron chi connectivity index (χ0n) is 9.21. The summed E-state index contributed by atoms with van der Waals surface area (Å²) in [4.78, 5) is 0. The van der Waals surface area contributed by atoms with E-state index in [1.807, 2.05) is 0 Å². The van der Waals surface area contributed by atoms with Crippen LogP contribution in [0.4, 0.5) is 0 Å². The lowest BCUT2D eigenvalue weighted by Gasteiger charge is -2.13. The zero-order chi connectivity index (χ0) is 10.4. The minimum atomic E-state index is 0.486. The van der Waals surface area contributed by atoms with Crippen LogP contribution in [0.5, 0.6) is 0 Å². The van der Waals surface area contributed by atoms with Crippen molar-refractivity contribution in [1.82, 2.24) is 5.32 Å². The summed E-state index contributed by atoms with van der Waals surface area (Å²) in [6, 6.07) is 2.69. The summed E-state index contributed by atoms with van der Waals surface area (Å²) >= 11 is 1.77. The number of thiophene rings is 1. The monoisotopic (exact) mass is 209 g/mol. The first kappa shape index (κ1) is 11.5. The minimum Gasteiger partial charge on any atom is -0.310 e. The number of rotatable bonds is 5. The molecule has 0 aliphatic carbocycles. The molecule has 0 aliphatic rings. The molecular weight excluding hydrogens is 190 g/mol. The first-order valence-corrected chi connectivity index (χ1v) is 6.06. The summed E-state index contributed by atoms with van der Waals surface area (Å²) in [5, 5.41) is 7.85. The van der Waals surface area contributed by atoms with Crippen molar-refractivity contribution in [2.24, 2.45) is 0 Å². The van der Waals surface area contributed by atoms with Crippen molar-refractivity contribution < 1.29 is 0 Å². The average molecular weight is 209 g/mol. The molecule has 0 aromatic carbocycles. The number of likely N-dealkylation sites (N-methyl/N-ethyl adjacent to an activating group) is 1. The SMILES string of the molecule is CCNC(C=C(C)C)Cc1ccsc1. The van der Waals surface area contributed by atoms with Crippen LogP contribution in [0.15, 0.2) is 28.5 Å². The molecule has 1 unspecified atom stereocenters. The van der Waals surface area contributed by atoms with Crippen LogP contribution < -0.4 is 5.32 Å². The van der Waals surface area contributed by atoms with Crippen molar-refractivity contribution in [3.8, 4) is 0 Å². The fourth-order valence-electron chi connectivity index (χ4n) is 1.52. The van der Waals surface area contributed by atoms with Gasteiger partial charge in [0.1, 0.15) is 0 Å². The fourth-order valence-corrected chi connectivity index (χ4v) is 2.20. The Hall–Kier alpha value is -0.600. The van der Waals surface area contributed by atoms with Gasteiger partial charge in [-0.1, -0.05) is 18.6 Å². The van der Waals surface area contributed by atoms with Crippen molar-refractivity contribution in [3.63, 3.8) is 0 Å². The molecule has 1 N–H and O–H groups in total. The molecule has 1 aromatic heterocycles. The molecule has 78 valence electrons. The van der Waals surface area contributed by atoms with Gasteiger partial charge in [0.25, 0.3) is 0 Å². The Labute approximate surface area is 90.9 Å². The van der Waals surface area contributed by atoms with Gasteiger partial charge in [-0.2, -0.15) is 11.3 Å². The molecule has 1 nitrogen and oxygen atoms in total. The Morgan fingerprint density at radius 1 is 1.57 bits per heavy atom. The molecule has 0 spiro atoms. The van der Waals surface area contributed by atoms with Gasteiger partial charge in [-0.3, -0.25) is 0 Å². The summed E-state index contributed by atoms with van der Waals surface area (Å²) in [5.41, 5.74) is 2.81. The second-order valence-electron chi connectivity index (χ2n) is 3.74. The molecule has 0 fully saturated rings. The minimum absolute atomic E-state index is 0.486. The maximum atomic E-state index is 3.48. The van der Waals surface area contributed by atoms with E-state index in [9.17, 15) is 0 Å². The third-order valence-corrected chi connectivity index (χ3v) is 2.77. The van der Waals surface area contributed by atoms with E-state index in [1.165, 1.54) is 11.1 Å². The zero-order valence-corrected chi connectivity index (χ0v) is 10.0. The highest BCUT2D eigenvalue weighted by molar-refractivity contribution is 7.07. The van der Waals surface area contributed by atoms with Crippen molar-refractivity contribution >= 4 is 11.3 Å². The molecule has 0 bridgehead atoms. The van der Waals surface area contributed by atoms with E-state index < -0.39 is 0 Å². The molecule has 0 aliphatic heterocycles. The quantitative estimate of drug-likeness (QED) is 0.734. The van der Waals surface area contributed by atoms with E-state index in [1.54, 1.807) is 11.3 Å². The van der Waals surface area contributed by atoms with E-state index in [2.05, 4.69) is 49.0 Å². The van der Waals surface area contributed by atoms with Crippen LogP contribution in [0, 0.1) is 0 Å². The second-order valence-corrected chi connectivity index (χ2v) is 4.52. The summed E-state index contributed by atoms with van der Waals surface area (Å²) in [6.45, 7) is 7.48. The normalized spacial score (nSPS) is 12.5. The first-order valence-electron chi connectivity index (χ1n) is 5.12. The van der Waals surface area contributed by atoms with Crippen LogP contribution in [0.25, 0.3) is 0 Å². The molecule has 0 saturated heterocycles. The highest BCUT2D eigenvalue weighted by atomic mass is 32.1. The number of hydrogen-bond donors (Lipinski definition) is 1. The number of hydrogen-bond acceptors (Lipinski definition) is 2. The van der Waals surface area contributed by atoms with Crippen LogP contribution in [0.1, 0.15) is 26.3 Å². The van der Waals surface area contributed by atoms with Gasteiger partial charge < -0.3 is 5.32 Å². The van der Waals surface area contributed by atoms with Crippen molar-refractivity contribution in [2.45, 2.75) is 33.2 Å². The Bertz CT molecular complexity index is 271. The summed E-state index contributed by atoms with van der Waals surface area (Å²) in [5.74, 6) is 0. The van der Waals surface area contributed by atoms with Crippen LogP contribution in [-0.2, 0) is 6.42 Å². The van der Waals surface area contributed by atoms with E-state index in [0.717, 1.165) is 13.0 Å². The van der Waals surface area contributed by atoms with Crippen molar-refractivity contribution in [3.05, 3.63) is 34.0 Å². The largest absolute Gasteiger partial charge is 0.310 e. The third-order valence-electron chi connectivity index (χ3n) is 2.04. The van der Waals surface area contributed by atoms with E-state index in [-0.39, 0.29) is 0 Å². The van der Waals surface area contributed by atoms with Gasteiger partial charge in [-0.25, -0.2) is 0 Å². The molecule has 1 heterocycles. The van der Waals surface area contributed by atoms with Gasteiger partial charge in [0.15, 0.2) is 0 Å². The molecule has 1 atom stereocenters. The highest BCUT2D eigenvalue weighted by Gasteiger charge is 2.04. The van der Waals surface area contributed by atoms with Gasteiger partial charge >= 0.3 is 0 Å². The summed E-state index contributed by atoms with van der Waals surface area (Å²) < 4.78 is 0. The fraction of sp³-hybridized carbons (Fsp3) is 0.500.